The molecule has 2 aromatic heterocycles. The van der Waals surface area contributed by atoms with Gasteiger partial charge in [-0.15, -0.1) is 0 Å². The molecule has 0 spiro atoms. The number of aromatic nitrogens is 3. The summed E-state index contributed by atoms with van der Waals surface area (Å²) < 4.78 is 17.5. The van der Waals surface area contributed by atoms with Crippen molar-refractivity contribution >= 4 is 28.6 Å². The van der Waals surface area contributed by atoms with Gasteiger partial charge in [-0.2, -0.15) is 5.10 Å². The molecule has 180 valence electrons. The number of pyridine rings is 1. The summed E-state index contributed by atoms with van der Waals surface area (Å²) in [5.74, 6) is -0.103. The van der Waals surface area contributed by atoms with Crippen molar-refractivity contribution in [1.82, 2.24) is 14.8 Å². The predicted octanol–water partition coefficient (Wildman–Crippen LogP) is 4.49. The van der Waals surface area contributed by atoms with E-state index in [9.17, 15) is 9.59 Å². The molecule has 2 aromatic carbocycles. The summed E-state index contributed by atoms with van der Waals surface area (Å²) in [6, 6.07) is 16.2. The predicted molar refractivity (Wildman–Crippen MR) is 132 cm³/mol. The number of methoxy groups -OCH3 is 2. The van der Waals surface area contributed by atoms with Gasteiger partial charge in [-0.25, -0.2) is 14.5 Å². The lowest BCUT2D eigenvalue weighted by Gasteiger charge is -2.12. The van der Waals surface area contributed by atoms with Crippen molar-refractivity contribution in [1.29, 1.82) is 0 Å². The van der Waals surface area contributed by atoms with E-state index in [-0.39, 0.29) is 11.6 Å². The normalized spacial score (nSPS) is 10.9. The molecule has 1 N–H and O–H groups in total. The topological polar surface area (TPSA) is 105 Å². The van der Waals surface area contributed by atoms with Gasteiger partial charge in [0, 0.05) is 35.5 Å². The minimum Gasteiger partial charge on any atom is -0.497 e. The van der Waals surface area contributed by atoms with Gasteiger partial charge < -0.3 is 19.5 Å². The van der Waals surface area contributed by atoms with Gasteiger partial charge in [0.05, 0.1) is 37.1 Å². The Kier molecular flexibility index (Phi) is 6.96. The van der Waals surface area contributed by atoms with Gasteiger partial charge in [0.1, 0.15) is 11.5 Å². The summed E-state index contributed by atoms with van der Waals surface area (Å²) in [5, 5.41) is 7.64. The summed E-state index contributed by atoms with van der Waals surface area (Å²) in [5.41, 5.74) is 2.78. The third-order valence-electron chi connectivity index (χ3n) is 5.31. The number of carbonyl (C=O) groups is 2. The van der Waals surface area contributed by atoms with E-state index in [1.807, 2.05) is 44.2 Å². The fraction of sp³-hybridized carbons (Fsp3) is 0.231. The van der Waals surface area contributed by atoms with Crippen LogP contribution in [-0.2, 0) is 9.53 Å². The van der Waals surface area contributed by atoms with Crippen LogP contribution in [0.25, 0.3) is 22.3 Å². The second kappa shape index (κ2) is 10.3. The van der Waals surface area contributed by atoms with Crippen LogP contribution in [0.5, 0.6) is 11.5 Å². The lowest BCUT2D eigenvalue weighted by Crippen LogP contribution is -2.21. The summed E-state index contributed by atoms with van der Waals surface area (Å²) in [6.45, 7) is 3.50. The van der Waals surface area contributed by atoms with Crippen molar-refractivity contribution in [3.05, 3.63) is 66.4 Å². The molecule has 0 aliphatic carbocycles. The first-order valence-corrected chi connectivity index (χ1v) is 11.0. The first-order chi connectivity index (χ1) is 16.9. The minimum atomic E-state index is -0.642. The standard InChI is InChI=1S/C26H26N4O5/c1-16(2)30-25-22(14-27-30)21(13-23(29-25)17-8-6-5-7-9-17)26(32)35-15-24(31)28-18-10-19(33-3)12-20(11-18)34-4/h5-14,16H,15H2,1-4H3,(H,28,31). The van der Waals surface area contributed by atoms with Crippen LogP contribution in [0.15, 0.2) is 60.8 Å². The monoisotopic (exact) mass is 474 g/mol. The van der Waals surface area contributed by atoms with Crippen molar-refractivity contribution in [2.75, 3.05) is 26.1 Å². The van der Waals surface area contributed by atoms with E-state index in [1.54, 1.807) is 35.1 Å². The maximum absolute atomic E-state index is 13.1. The average molecular weight is 475 g/mol. The zero-order valence-electron chi connectivity index (χ0n) is 19.9. The highest BCUT2D eigenvalue weighted by molar-refractivity contribution is 6.04. The summed E-state index contributed by atoms with van der Waals surface area (Å²) in [7, 11) is 3.03. The van der Waals surface area contributed by atoms with Crippen LogP contribution in [0.2, 0.25) is 0 Å². The molecule has 9 heteroatoms. The Bertz CT molecular complexity index is 1340. The number of nitrogens with one attached hydrogen (secondary N) is 1. The molecule has 0 saturated carbocycles. The molecule has 0 fully saturated rings. The summed E-state index contributed by atoms with van der Waals surface area (Å²) >= 11 is 0. The number of ether oxygens (including phenoxy) is 3. The number of hydrogen-bond donors (Lipinski definition) is 1. The van der Waals surface area contributed by atoms with E-state index < -0.39 is 18.5 Å². The number of benzene rings is 2. The zero-order chi connectivity index (χ0) is 24.9. The first-order valence-electron chi connectivity index (χ1n) is 11.0. The van der Waals surface area contributed by atoms with Crippen molar-refractivity contribution in [3.63, 3.8) is 0 Å². The van der Waals surface area contributed by atoms with Gasteiger partial charge in [0.15, 0.2) is 12.3 Å². The van der Waals surface area contributed by atoms with Crippen LogP contribution in [0.1, 0.15) is 30.2 Å². The van der Waals surface area contributed by atoms with E-state index in [0.29, 0.717) is 33.9 Å². The molecule has 0 bridgehead atoms. The molecule has 0 radical (unpaired) electrons. The van der Waals surface area contributed by atoms with E-state index in [4.69, 9.17) is 19.2 Å². The number of fused-ring (bicyclic) bond motifs is 1. The fourth-order valence-electron chi connectivity index (χ4n) is 3.61. The maximum Gasteiger partial charge on any atom is 0.339 e. The Morgan fingerprint density at radius 1 is 1.00 bits per heavy atom. The van der Waals surface area contributed by atoms with Crippen LogP contribution in [-0.4, -0.2) is 47.5 Å². The van der Waals surface area contributed by atoms with Crippen molar-refractivity contribution in [2.45, 2.75) is 19.9 Å². The van der Waals surface area contributed by atoms with Crippen LogP contribution in [0.3, 0.4) is 0 Å². The van der Waals surface area contributed by atoms with Crippen molar-refractivity contribution in [3.8, 4) is 22.8 Å². The highest BCUT2D eigenvalue weighted by Gasteiger charge is 2.20. The van der Waals surface area contributed by atoms with E-state index in [0.717, 1.165) is 5.56 Å². The number of esters is 1. The number of rotatable bonds is 8. The van der Waals surface area contributed by atoms with Crippen molar-refractivity contribution in [2.24, 2.45) is 0 Å². The number of anilines is 1. The Balaban J connectivity index is 1.57. The van der Waals surface area contributed by atoms with Gasteiger partial charge in [-0.3, -0.25) is 4.79 Å². The van der Waals surface area contributed by atoms with E-state index in [2.05, 4.69) is 10.4 Å². The lowest BCUT2D eigenvalue weighted by molar-refractivity contribution is -0.119. The third kappa shape index (κ3) is 5.24. The molecule has 4 rings (SSSR count). The second-order valence-corrected chi connectivity index (χ2v) is 8.07. The minimum absolute atomic E-state index is 0.0422. The summed E-state index contributed by atoms with van der Waals surface area (Å²) in [4.78, 5) is 30.3. The highest BCUT2D eigenvalue weighted by atomic mass is 16.5. The molecule has 35 heavy (non-hydrogen) atoms. The molecule has 0 saturated heterocycles. The van der Waals surface area contributed by atoms with Crippen LogP contribution in [0, 0.1) is 0 Å². The summed E-state index contributed by atoms with van der Waals surface area (Å²) in [6.07, 6.45) is 1.59. The molecule has 4 aromatic rings. The van der Waals surface area contributed by atoms with Gasteiger partial charge in [-0.05, 0) is 19.9 Å². The largest absolute Gasteiger partial charge is 0.497 e. The van der Waals surface area contributed by atoms with E-state index >= 15 is 0 Å². The molecule has 1 amide bonds. The molecule has 0 aliphatic heterocycles. The quantitative estimate of drug-likeness (QED) is 0.375. The molecule has 9 nitrogen and oxygen atoms in total. The number of hydrogen-bond acceptors (Lipinski definition) is 7. The third-order valence-corrected chi connectivity index (χ3v) is 5.31. The van der Waals surface area contributed by atoms with Crippen molar-refractivity contribution < 1.29 is 23.8 Å². The zero-order valence-corrected chi connectivity index (χ0v) is 19.9. The Morgan fingerprint density at radius 2 is 1.69 bits per heavy atom. The molecule has 0 atom stereocenters. The first kappa shape index (κ1) is 23.7. The Morgan fingerprint density at radius 3 is 2.31 bits per heavy atom. The molecule has 2 heterocycles. The highest BCUT2D eigenvalue weighted by Crippen LogP contribution is 2.28. The number of amides is 1. The van der Waals surface area contributed by atoms with Gasteiger partial charge in [0.2, 0.25) is 0 Å². The molecule has 0 aliphatic rings. The van der Waals surface area contributed by atoms with Crippen LogP contribution in [0.4, 0.5) is 5.69 Å². The number of carbonyl (C=O) groups excluding carboxylic acids is 2. The molecular formula is C26H26N4O5. The van der Waals surface area contributed by atoms with Crippen LogP contribution < -0.4 is 14.8 Å². The molecular weight excluding hydrogens is 448 g/mol. The van der Waals surface area contributed by atoms with Gasteiger partial charge in [-0.1, -0.05) is 30.3 Å². The Hall–Kier alpha value is -4.40. The lowest BCUT2D eigenvalue weighted by atomic mass is 10.1. The SMILES string of the molecule is COc1cc(NC(=O)COC(=O)c2cc(-c3ccccc3)nc3c2cnn3C(C)C)cc(OC)c1. The van der Waals surface area contributed by atoms with Gasteiger partial charge >= 0.3 is 5.97 Å². The Labute approximate surface area is 202 Å². The second-order valence-electron chi connectivity index (χ2n) is 8.07. The van der Waals surface area contributed by atoms with E-state index in [1.165, 1.54) is 14.2 Å². The average Bonchev–Trinajstić information content (AvgIpc) is 3.31. The van der Waals surface area contributed by atoms with Crippen LogP contribution >= 0.6 is 0 Å². The fourth-order valence-corrected chi connectivity index (χ4v) is 3.61. The maximum atomic E-state index is 13.1. The van der Waals surface area contributed by atoms with Gasteiger partial charge in [0.25, 0.3) is 5.91 Å². The smallest absolute Gasteiger partial charge is 0.339 e. The molecule has 0 unspecified atom stereocenters. The number of nitrogens with zero attached hydrogens (tertiary/aromatic N) is 3.